The number of nitro benzene ring substituents is 1. The Balaban J connectivity index is 1.57. The fourth-order valence-electron chi connectivity index (χ4n) is 3.13. The zero-order valence-corrected chi connectivity index (χ0v) is 13.9. The van der Waals surface area contributed by atoms with E-state index >= 15 is 0 Å². The van der Waals surface area contributed by atoms with Gasteiger partial charge in [0.2, 0.25) is 0 Å². The minimum Gasteiger partial charge on any atom is -0.377 e. The molecule has 1 heterocycles. The summed E-state index contributed by atoms with van der Waals surface area (Å²) >= 11 is 0. The minimum atomic E-state index is -0.863. The SMILES string of the molecule is O=[N+]([O-])c1cc(F)ccc1NC1CCN(Cc2ccc(F)c(F)c2)CC1. The van der Waals surface area contributed by atoms with Gasteiger partial charge >= 0.3 is 0 Å². The molecule has 1 fully saturated rings. The molecule has 2 aromatic carbocycles. The lowest BCUT2D eigenvalue weighted by Gasteiger charge is -2.32. The van der Waals surface area contributed by atoms with Crippen LogP contribution in [0, 0.1) is 27.6 Å². The highest BCUT2D eigenvalue weighted by molar-refractivity contribution is 5.61. The van der Waals surface area contributed by atoms with Crippen LogP contribution in [0.3, 0.4) is 0 Å². The largest absolute Gasteiger partial charge is 0.377 e. The fraction of sp³-hybridized carbons (Fsp3) is 0.333. The molecule has 1 aliphatic rings. The highest BCUT2D eigenvalue weighted by Crippen LogP contribution is 2.27. The van der Waals surface area contributed by atoms with Crippen molar-refractivity contribution >= 4 is 11.4 Å². The molecule has 1 N–H and O–H groups in total. The van der Waals surface area contributed by atoms with Crippen LogP contribution >= 0.6 is 0 Å². The van der Waals surface area contributed by atoms with Gasteiger partial charge in [0.05, 0.1) is 11.0 Å². The van der Waals surface area contributed by atoms with E-state index < -0.39 is 22.4 Å². The maximum Gasteiger partial charge on any atom is 0.295 e. The van der Waals surface area contributed by atoms with Crippen LogP contribution in [0.5, 0.6) is 0 Å². The van der Waals surface area contributed by atoms with Gasteiger partial charge in [-0.2, -0.15) is 0 Å². The van der Waals surface area contributed by atoms with Crippen molar-refractivity contribution in [3.63, 3.8) is 0 Å². The molecule has 0 bridgehead atoms. The van der Waals surface area contributed by atoms with Crippen molar-refractivity contribution in [1.29, 1.82) is 0 Å². The molecule has 3 rings (SSSR count). The van der Waals surface area contributed by atoms with Crippen LogP contribution in [0.4, 0.5) is 24.5 Å². The van der Waals surface area contributed by atoms with E-state index in [0.717, 1.165) is 25.0 Å². The van der Waals surface area contributed by atoms with Crippen molar-refractivity contribution in [3.8, 4) is 0 Å². The Morgan fingerprint density at radius 2 is 1.81 bits per heavy atom. The maximum absolute atomic E-state index is 13.3. The topological polar surface area (TPSA) is 58.4 Å². The molecule has 26 heavy (non-hydrogen) atoms. The van der Waals surface area contributed by atoms with Crippen molar-refractivity contribution in [2.45, 2.75) is 25.4 Å². The summed E-state index contributed by atoms with van der Waals surface area (Å²) in [5.74, 6) is -2.37. The lowest BCUT2D eigenvalue weighted by molar-refractivity contribution is -0.384. The number of hydrogen-bond acceptors (Lipinski definition) is 4. The number of hydrogen-bond donors (Lipinski definition) is 1. The van der Waals surface area contributed by atoms with E-state index in [1.807, 2.05) is 0 Å². The lowest BCUT2D eigenvalue weighted by atomic mass is 10.0. The predicted molar refractivity (Wildman–Crippen MR) is 91.3 cm³/mol. The van der Waals surface area contributed by atoms with Gasteiger partial charge in [-0.1, -0.05) is 6.07 Å². The van der Waals surface area contributed by atoms with Crippen molar-refractivity contribution < 1.29 is 18.1 Å². The minimum absolute atomic E-state index is 0.0281. The first kappa shape index (κ1) is 18.2. The van der Waals surface area contributed by atoms with Gasteiger partial charge in [0, 0.05) is 25.7 Å². The predicted octanol–water partition coefficient (Wildman–Crippen LogP) is 4.09. The molecule has 138 valence electrons. The Labute approximate surface area is 148 Å². The molecule has 0 saturated carbocycles. The molecule has 0 amide bonds. The van der Waals surface area contributed by atoms with Gasteiger partial charge in [-0.05, 0) is 42.7 Å². The van der Waals surface area contributed by atoms with E-state index in [2.05, 4.69) is 10.2 Å². The molecule has 2 aromatic rings. The van der Waals surface area contributed by atoms with Gasteiger partial charge in [0.1, 0.15) is 11.5 Å². The zero-order chi connectivity index (χ0) is 18.7. The average Bonchev–Trinajstić information content (AvgIpc) is 2.61. The van der Waals surface area contributed by atoms with Crippen LogP contribution in [0.2, 0.25) is 0 Å². The summed E-state index contributed by atoms with van der Waals surface area (Å²) in [6.45, 7) is 1.94. The van der Waals surface area contributed by atoms with Crippen LogP contribution in [0.1, 0.15) is 18.4 Å². The van der Waals surface area contributed by atoms with E-state index in [9.17, 15) is 23.3 Å². The molecule has 0 atom stereocenters. The molecule has 8 heteroatoms. The summed E-state index contributed by atoms with van der Waals surface area (Å²) in [5, 5.41) is 14.2. The smallest absolute Gasteiger partial charge is 0.295 e. The monoisotopic (exact) mass is 365 g/mol. The number of rotatable bonds is 5. The highest BCUT2D eigenvalue weighted by atomic mass is 19.2. The van der Waals surface area contributed by atoms with Crippen LogP contribution in [0.25, 0.3) is 0 Å². The molecule has 0 unspecified atom stereocenters. The highest BCUT2D eigenvalue weighted by Gasteiger charge is 2.23. The van der Waals surface area contributed by atoms with E-state index in [4.69, 9.17) is 0 Å². The number of anilines is 1. The molecular weight excluding hydrogens is 347 g/mol. The van der Waals surface area contributed by atoms with Gasteiger partial charge in [0.15, 0.2) is 11.6 Å². The number of piperidine rings is 1. The Hall–Kier alpha value is -2.61. The summed E-state index contributed by atoms with van der Waals surface area (Å²) in [4.78, 5) is 12.6. The van der Waals surface area contributed by atoms with E-state index in [0.29, 0.717) is 30.9 Å². The van der Waals surface area contributed by atoms with E-state index in [-0.39, 0.29) is 11.7 Å². The second-order valence-electron chi connectivity index (χ2n) is 6.36. The normalized spacial score (nSPS) is 15.8. The molecule has 0 aromatic heterocycles. The summed E-state index contributed by atoms with van der Waals surface area (Å²) in [5.41, 5.74) is 0.717. The van der Waals surface area contributed by atoms with Crippen LogP contribution in [-0.4, -0.2) is 29.0 Å². The van der Waals surface area contributed by atoms with Gasteiger partial charge < -0.3 is 5.32 Å². The van der Waals surface area contributed by atoms with Gasteiger partial charge in [0.25, 0.3) is 5.69 Å². The van der Waals surface area contributed by atoms with Crippen molar-refractivity contribution in [3.05, 3.63) is 69.5 Å². The van der Waals surface area contributed by atoms with E-state index in [1.54, 1.807) is 6.07 Å². The molecule has 5 nitrogen and oxygen atoms in total. The van der Waals surface area contributed by atoms with Gasteiger partial charge in [-0.3, -0.25) is 15.0 Å². The summed E-state index contributed by atoms with van der Waals surface area (Å²) in [6.07, 6.45) is 1.47. The Morgan fingerprint density at radius 3 is 2.46 bits per heavy atom. The second kappa shape index (κ2) is 7.74. The average molecular weight is 365 g/mol. The number of halogens is 3. The molecular formula is C18H18F3N3O2. The number of likely N-dealkylation sites (tertiary alicyclic amines) is 1. The Morgan fingerprint density at radius 1 is 1.08 bits per heavy atom. The van der Waals surface area contributed by atoms with Crippen LogP contribution in [-0.2, 0) is 6.54 Å². The number of nitro groups is 1. The Bertz CT molecular complexity index is 808. The molecule has 0 radical (unpaired) electrons. The number of benzene rings is 2. The maximum atomic E-state index is 13.3. The first-order valence-corrected chi connectivity index (χ1v) is 8.29. The molecule has 0 aliphatic carbocycles. The standard InChI is InChI=1S/C18H18F3N3O2/c19-13-2-4-17(18(10-13)24(25)26)22-14-5-7-23(8-6-14)11-12-1-3-15(20)16(21)9-12/h1-4,9-10,14,22H,5-8,11H2. The number of nitrogens with zero attached hydrogens (tertiary/aromatic N) is 2. The summed E-state index contributed by atoms with van der Waals surface area (Å²) in [6, 6.07) is 7.37. The second-order valence-corrected chi connectivity index (χ2v) is 6.36. The molecule has 0 spiro atoms. The van der Waals surface area contributed by atoms with Crippen LogP contribution < -0.4 is 5.32 Å². The first-order valence-electron chi connectivity index (χ1n) is 8.29. The third kappa shape index (κ3) is 4.32. The molecule has 1 aliphatic heterocycles. The van der Waals surface area contributed by atoms with Crippen molar-refractivity contribution in [2.24, 2.45) is 0 Å². The number of nitrogens with one attached hydrogen (secondary N) is 1. The van der Waals surface area contributed by atoms with Gasteiger partial charge in [-0.15, -0.1) is 0 Å². The van der Waals surface area contributed by atoms with Crippen LogP contribution in [0.15, 0.2) is 36.4 Å². The first-order chi connectivity index (χ1) is 12.4. The third-order valence-corrected chi connectivity index (χ3v) is 4.49. The van der Waals surface area contributed by atoms with Crippen molar-refractivity contribution in [2.75, 3.05) is 18.4 Å². The fourth-order valence-corrected chi connectivity index (χ4v) is 3.13. The summed E-state index contributed by atoms with van der Waals surface area (Å²) in [7, 11) is 0. The quantitative estimate of drug-likeness (QED) is 0.641. The van der Waals surface area contributed by atoms with Crippen molar-refractivity contribution in [1.82, 2.24) is 4.90 Å². The summed E-state index contributed by atoms with van der Waals surface area (Å²) < 4.78 is 39.5. The zero-order valence-electron chi connectivity index (χ0n) is 13.9. The molecule has 1 saturated heterocycles. The third-order valence-electron chi connectivity index (χ3n) is 4.49. The Kier molecular flexibility index (Phi) is 5.41. The van der Waals surface area contributed by atoms with Gasteiger partial charge in [-0.25, -0.2) is 13.2 Å². The van der Waals surface area contributed by atoms with E-state index in [1.165, 1.54) is 18.2 Å². The lowest BCUT2D eigenvalue weighted by Crippen LogP contribution is -2.38.